The molecule has 0 radical (unpaired) electrons. The maximum absolute atomic E-state index is 12.1. The molecule has 2 aromatic heterocycles. The number of amides is 1. The Morgan fingerprint density at radius 2 is 2.30 bits per heavy atom. The number of fused-ring (bicyclic) bond motifs is 1. The van der Waals surface area contributed by atoms with E-state index in [1.165, 1.54) is 0 Å². The molecule has 1 unspecified atom stereocenters. The topological polar surface area (TPSA) is 79.9 Å². The van der Waals surface area contributed by atoms with E-state index in [1.807, 2.05) is 19.1 Å². The fourth-order valence-electron chi connectivity index (χ4n) is 2.45. The number of nitrogens with one attached hydrogen (secondary N) is 2. The van der Waals surface area contributed by atoms with Crippen LogP contribution in [0.25, 0.3) is 0 Å². The first-order valence-corrected chi connectivity index (χ1v) is 6.63. The first kappa shape index (κ1) is 12.8. The monoisotopic (exact) mass is 272 g/mol. The minimum Gasteiger partial charge on any atom is -0.281 e. The molecule has 0 saturated carbocycles. The van der Waals surface area contributed by atoms with E-state index in [0.717, 1.165) is 29.7 Å². The number of hydroxylamine groups is 1. The molecule has 6 nitrogen and oxygen atoms in total. The molecule has 1 aliphatic rings. The number of carbonyl (C=O) groups is 1. The molecule has 0 bridgehead atoms. The molecule has 1 amide bonds. The van der Waals surface area contributed by atoms with Gasteiger partial charge >= 0.3 is 0 Å². The summed E-state index contributed by atoms with van der Waals surface area (Å²) in [5.74, 6) is -0.328. The Kier molecular flexibility index (Phi) is 3.47. The van der Waals surface area contributed by atoms with E-state index < -0.39 is 0 Å². The molecule has 104 valence electrons. The number of hydrogen-bond acceptors (Lipinski definition) is 4. The van der Waals surface area contributed by atoms with E-state index in [2.05, 4.69) is 20.7 Å². The van der Waals surface area contributed by atoms with E-state index in [0.29, 0.717) is 0 Å². The Bertz CT molecular complexity index is 596. The molecular weight excluding hydrogens is 256 g/mol. The van der Waals surface area contributed by atoms with E-state index in [4.69, 9.17) is 4.84 Å². The minimum absolute atomic E-state index is 0.131. The molecule has 6 heteroatoms. The van der Waals surface area contributed by atoms with Crippen molar-refractivity contribution in [2.45, 2.75) is 31.8 Å². The summed E-state index contributed by atoms with van der Waals surface area (Å²) in [7, 11) is 0. The van der Waals surface area contributed by atoms with Gasteiger partial charge in [-0.15, -0.1) is 0 Å². The first-order chi connectivity index (χ1) is 9.75. The number of H-pyrrole nitrogens is 1. The third kappa shape index (κ3) is 2.42. The van der Waals surface area contributed by atoms with Gasteiger partial charge in [-0.2, -0.15) is 5.10 Å². The van der Waals surface area contributed by atoms with E-state index in [-0.39, 0.29) is 17.9 Å². The molecule has 2 heterocycles. The number of pyridine rings is 1. The lowest BCUT2D eigenvalue weighted by molar-refractivity contribution is -0.139. The van der Waals surface area contributed by atoms with Gasteiger partial charge in [-0.3, -0.25) is 19.7 Å². The van der Waals surface area contributed by atoms with Crippen molar-refractivity contribution in [3.8, 4) is 0 Å². The zero-order chi connectivity index (χ0) is 13.9. The van der Waals surface area contributed by atoms with Crippen LogP contribution in [0, 0.1) is 0 Å². The Labute approximate surface area is 116 Å². The Hall–Kier alpha value is -2.21. The van der Waals surface area contributed by atoms with Crippen molar-refractivity contribution in [1.29, 1.82) is 0 Å². The van der Waals surface area contributed by atoms with Crippen molar-refractivity contribution in [3.05, 3.63) is 47.5 Å². The van der Waals surface area contributed by atoms with Crippen LogP contribution in [0.5, 0.6) is 0 Å². The van der Waals surface area contributed by atoms with Crippen LogP contribution in [0.15, 0.2) is 30.7 Å². The van der Waals surface area contributed by atoms with Gasteiger partial charge in [0.15, 0.2) is 0 Å². The molecular formula is C14H16N4O2. The van der Waals surface area contributed by atoms with Crippen LogP contribution < -0.4 is 5.48 Å². The summed E-state index contributed by atoms with van der Waals surface area (Å²) in [6, 6.07) is 3.72. The van der Waals surface area contributed by atoms with Crippen molar-refractivity contribution >= 4 is 5.91 Å². The minimum atomic E-state index is -0.218. The largest absolute Gasteiger partial charge is 0.281 e. The summed E-state index contributed by atoms with van der Waals surface area (Å²) in [5, 5.41) is 6.86. The second-order valence-corrected chi connectivity index (χ2v) is 4.91. The summed E-state index contributed by atoms with van der Waals surface area (Å²) in [4.78, 5) is 21.5. The van der Waals surface area contributed by atoms with Gasteiger partial charge in [0.25, 0.3) is 5.91 Å². The van der Waals surface area contributed by atoms with Gasteiger partial charge < -0.3 is 0 Å². The zero-order valence-corrected chi connectivity index (χ0v) is 11.2. The van der Waals surface area contributed by atoms with Crippen LogP contribution in [-0.2, 0) is 16.1 Å². The summed E-state index contributed by atoms with van der Waals surface area (Å²) in [5.41, 5.74) is 5.54. The molecule has 0 saturated heterocycles. The van der Waals surface area contributed by atoms with E-state index in [9.17, 15) is 4.79 Å². The first-order valence-electron chi connectivity index (χ1n) is 6.63. The highest BCUT2D eigenvalue weighted by molar-refractivity contribution is 5.83. The summed E-state index contributed by atoms with van der Waals surface area (Å²) in [6.07, 6.45) is 6.63. The summed E-state index contributed by atoms with van der Waals surface area (Å²) < 4.78 is 0. The predicted molar refractivity (Wildman–Crippen MR) is 71.5 cm³/mol. The molecule has 2 N–H and O–H groups in total. The standard InChI is InChI=1S/C14H16N4O2/c1-9(10-4-6-15-7-5-10)20-18-14(19)12-3-2-11-8-16-17-13(11)12/h4-9,12H,2-3H2,1H3,(H,16,17)(H,18,19)/t9-,12?/m0/s1. The van der Waals surface area contributed by atoms with Crippen molar-refractivity contribution in [3.63, 3.8) is 0 Å². The fourth-order valence-corrected chi connectivity index (χ4v) is 2.45. The second-order valence-electron chi connectivity index (χ2n) is 4.91. The van der Waals surface area contributed by atoms with Crippen LogP contribution in [0.3, 0.4) is 0 Å². The van der Waals surface area contributed by atoms with Crippen LogP contribution in [0.4, 0.5) is 0 Å². The molecule has 2 atom stereocenters. The number of hydrogen-bond donors (Lipinski definition) is 2. The normalized spacial score (nSPS) is 18.6. The van der Waals surface area contributed by atoms with Crippen LogP contribution in [0.1, 0.15) is 42.2 Å². The van der Waals surface area contributed by atoms with Gasteiger partial charge in [-0.05, 0) is 43.0 Å². The van der Waals surface area contributed by atoms with Crippen molar-refractivity contribution < 1.29 is 9.63 Å². The van der Waals surface area contributed by atoms with Gasteiger partial charge in [0.2, 0.25) is 0 Å². The van der Waals surface area contributed by atoms with Gasteiger partial charge in [0.1, 0.15) is 6.10 Å². The Morgan fingerprint density at radius 3 is 3.10 bits per heavy atom. The fraction of sp³-hybridized carbons (Fsp3) is 0.357. The molecule has 0 aliphatic heterocycles. The van der Waals surface area contributed by atoms with Crippen LogP contribution in [-0.4, -0.2) is 21.1 Å². The number of carbonyl (C=O) groups excluding carboxylic acids is 1. The maximum atomic E-state index is 12.1. The smallest absolute Gasteiger partial charge is 0.252 e. The van der Waals surface area contributed by atoms with E-state index in [1.54, 1.807) is 18.6 Å². The molecule has 1 aliphatic carbocycles. The quantitative estimate of drug-likeness (QED) is 0.829. The number of rotatable bonds is 4. The number of aromatic nitrogens is 3. The van der Waals surface area contributed by atoms with Crippen molar-refractivity contribution in [1.82, 2.24) is 20.7 Å². The van der Waals surface area contributed by atoms with Crippen molar-refractivity contribution in [2.24, 2.45) is 0 Å². The van der Waals surface area contributed by atoms with Gasteiger partial charge in [0.05, 0.1) is 17.8 Å². The third-order valence-electron chi connectivity index (χ3n) is 3.63. The molecule has 0 spiro atoms. The predicted octanol–water partition coefficient (Wildman–Crippen LogP) is 1.64. The Balaban J connectivity index is 1.58. The molecule has 2 aromatic rings. The lowest BCUT2D eigenvalue weighted by atomic mass is 10.1. The van der Waals surface area contributed by atoms with Crippen molar-refractivity contribution in [2.75, 3.05) is 0 Å². The highest BCUT2D eigenvalue weighted by atomic mass is 16.7. The summed E-state index contributed by atoms with van der Waals surface area (Å²) >= 11 is 0. The lowest BCUT2D eigenvalue weighted by Crippen LogP contribution is -2.29. The molecule has 0 aromatic carbocycles. The number of aromatic amines is 1. The van der Waals surface area contributed by atoms with Crippen LogP contribution >= 0.6 is 0 Å². The van der Waals surface area contributed by atoms with Gasteiger partial charge in [0, 0.05) is 12.4 Å². The zero-order valence-electron chi connectivity index (χ0n) is 11.2. The molecule has 0 fully saturated rings. The summed E-state index contributed by atoms with van der Waals surface area (Å²) in [6.45, 7) is 1.88. The SMILES string of the molecule is C[C@H](ONC(=O)C1CCc2cn[nH]c21)c1ccncc1. The second kappa shape index (κ2) is 5.42. The molecule has 20 heavy (non-hydrogen) atoms. The third-order valence-corrected chi connectivity index (χ3v) is 3.63. The Morgan fingerprint density at radius 1 is 1.50 bits per heavy atom. The average Bonchev–Trinajstić information content (AvgIpc) is 3.08. The number of nitrogens with zero attached hydrogens (tertiary/aromatic N) is 2. The number of aryl methyl sites for hydroxylation is 1. The maximum Gasteiger partial charge on any atom is 0.252 e. The van der Waals surface area contributed by atoms with Crippen LogP contribution in [0.2, 0.25) is 0 Å². The lowest BCUT2D eigenvalue weighted by Gasteiger charge is -2.15. The van der Waals surface area contributed by atoms with Gasteiger partial charge in [-0.25, -0.2) is 5.48 Å². The molecule has 3 rings (SSSR count). The highest BCUT2D eigenvalue weighted by Gasteiger charge is 2.30. The highest BCUT2D eigenvalue weighted by Crippen LogP contribution is 2.31. The van der Waals surface area contributed by atoms with Gasteiger partial charge in [-0.1, -0.05) is 0 Å². The van der Waals surface area contributed by atoms with E-state index >= 15 is 0 Å². The average molecular weight is 272 g/mol.